The number of benzene rings is 6. The van der Waals surface area contributed by atoms with Crippen molar-refractivity contribution in [1.82, 2.24) is 0 Å². The van der Waals surface area contributed by atoms with E-state index in [9.17, 15) is 28.8 Å². The predicted molar refractivity (Wildman–Crippen MR) is 209 cm³/mol. The molecular weight excluding hydrogens is 732 g/mol. The van der Waals surface area contributed by atoms with Crippen molar-refractivity contribution < 1.29 is 38.2 Å². The van der Waals surface area contributed by atoms with Gasteiger partial charge in [-0.25, -0.2) is 9.59 Å². The Kier molecular flexibility index (Phi) is 9.33. The molecule has 0 atom stereocenters. The van der Waals surface area contributed by atoms with Crippen LogP contribution < -0.4 is 10.6 Å². The molecule has 6 aromatic carbocycles. The summed E-state index contributed by atoms with van der Waals surface area (Å²) in [7, 11) is 0. The number of amides is 2. The summed E-state index contributed by atoms with van der Waals surface area (Å²) in [4.78, 5) is 83.7. The molecule has 8 rings (SSSR count). The number of ketones is 4. The molecule has 6 aromatic rings. The third kappa shape index (κ3) is 6.31. The lowest BCUT2D eigenvalue weighted by Crippen LogP contribution is -2.27. The summed E-state index contributed by atoms with van der Waals surface area (Å²) in [5, 5.41) is 5.66. The highest BCUT2D eigenvalue weighted by Crippen LogP contribution is 2.43. The Morgan fingerprint density at radius 1 is 0.464 bits per heavy atom. The highest BCUT2D eigenvalue weighted by atomic mass is 35.5. The summed E-state index contributed by atoms with van der Waals surface area (Å²) in [5.41, 5.74) is 2.75. The summed E-state index contributed by atoms with van der Waals surface area (Å²) in [6.07, 6.45) is -1.76. The van der Waals surface area contributed by atoms with Crippen LogP contribution in [0.15, 0.2) is 121 Å². The molecule has 0 unspecified atom stereocenters. The molecule has 0 radical (unpaired) electrons. The molecule has 0 aliphatic heterocycles. The molecule has 0 bridgehead atoms. The van der Waals surface area contributed by atoms with Crippen LogP contribution in [0.5, 0.6) is 0 Å². The van der Waals surface area contributed by atoms with Gasteiger partial charge in [0.2, 0.25) is 0 Å². The van der Waals surface area contributed by atoms with Crippen LogP contribution in [-0.2, 0) is 22.7 Å². The molecule has 2 amide bonds. The quantitative estimate of drug-likeness (QED) is 0.164. The lowest BCUT2D eigenvalue weighted by molar-refractivity contribution is 0.0978. The maximum absolute atomic E-state index is 14.4. The number of hydrogen-bond acceptors (Lipinski definition) is 8. The van der Waals surface area contributed by atoms with Crippen molar-refractivity contribution in [2.75, 3.05) is 10.6 Å². The van der Waals surface area contributed by atoms with Crippen LogP contribution >= 0.6 is 11.6 Å². The summed E-state index contributed by atoms with van der Waals surface area (Å²) >= 11 is 6.23. The van der Waals surface area contributed by atoms with Gasteiger partial charge in [0.15, 0.2) is 23.1 Å². The van der Waals surface area contributed by atoms with Crippen molar-refractivity contribution in [3.05, 3.63) is 188 Å². The molecule has 2 N–H and O–H groups in total. The molecule has 0 aromatic heterocycles. The van der Waals surface area contributed by atoms with E-state index in [4.69, 9.17) is 21.1 Å². The van der Waals surface area contributed by atoms with Gasteiger partial charge in [0.25, 0.3) is 0 Å². The Bertz CT molecular complexity index is 2520. The first kappa shape index (κ1) is 35.8. The summed E-state index contributed by atoms with van der Waals surface area (Å²) < 4.78 is 10.9. The number of fused-ring (bicyclic) bond motifs is 4. The van der Waals surface area contributed by atoms with E-state index in [0.29, 0.717) is 10.6 Å². The third-order valence-electron chi connectivity index (χ3n) is 9.85. The van der Waals surface area contributed by atoms with Crippen LogP contribution in [0.2, 0.25) is 5.02 Å². The van der Waals surface area contributed by atoms with Crippen molar-refractivity contribution in [2.24, 2.45) is 0 Å². The number of ether oxygens (including phenoxy) is 2. The molecule has 2 aliphatic rings. The first-order valence-electron chi connectivity index (χ1n) is 17.5. The maximum Gasteiger partial charge on any atom is 0.411 e. The van der Waals surface area contributed by atoms with Crippen molar-refractivity contribution in [1.29, 1.82) is 0 Å². The average Bonchev–Trinajstić information content (AvgIpc) is 3.21. The van der Waals surface area contributed by atoms with E-state index in [1.54, 1.807) is 48.5 Å². The minimum Gasteiger partial charge on any atom is -0.444 e. The molecule has 0 saturated heterocycles. The second-order valence-corrected chi connectivity index (χ2v) is 13.6. The molecule has 56 heavy (non-hydrogen) atoms. The highest BCUT2D eigenvalue weighted by Gasteiger charge is 2.39. The van der Waals surface area contributed by atoms with Gasteiger partial charge in [-0.15, -0.1) is 0 Å². The molecule has 274 valence electrons. The average molecular weight is 761 g/mol. The number of carbonyl (C=O) groups excluding carboxylic acids is 6. The lowest BCUT2D eigenvalue weighted by Gasteiger charge is -2.26. The van der Waals surface area contributed by atoms with Gasteiger partial charge in [-0.3, -0.25) is 29.8 Å². The third-order valence-corrected chi connectivity index (χ3v) is 10.2. The van der Waals surface area contributed by atoms with Gasteiger partial charge >= 0.3 is 12.2 Å². The number of carbonyl (C=O) groups is 6. The zero-order valence-corrected chi connectivity index (χ0v) is 30.4. The topological polar surface area (TPSA) is 145 Å². The van der Waals surface area contributed by atoms with E-state index in [1.807, 2.05) is 31.2 Å². The number of aryl methyl sites for hydroxylation is 1. The normalized spacial score (nSPS) is 12.5. The van der Waals surface area contributed by atoms with Gasteiger partial charge in [0.1, 0.15) is 13.2 Å². The van der Waals surface area contributed by atoms with Crippen molar-refractivity contribution in [3.8, 4) is 11.1 Å². The van der Waals surface area contributed by atoms with Gasteiger partial charge in [-0.2, -0.15) is 0 Å². The molecular formula is C45H29ClN2O8. The fourth-order valence-electron chi connectivity index (χ4n) is 7.07. The smallest absolute Gasteiger partial charge is 0.411 e. The molecule has 0 heterocycles. The Hall–Kier alpha value is -7.17. The van der Waals surface area contributed by atoms with Crippen molar-refractivity contribution >= 4 is 58.3 Å². The maximum atomic E-state index is 14.4. The number of halogens is 1. The van der Waals surface area contributed by atoms with E-state index < -0.39 is 35.3 Å². The first-order valence-corrected chi connectivity index (χ1v) is 17.9. The Morgan fingerprint density at radius 3 is 1.29 bits per heavy atom. The largest absolute Gasteiger partial charge is 0.444 e. The van der Waals surface area contributed by atoms with E-state index in [2.05, 4.69) is 10.6 Å². The predicted octanol–water partition coefficient (Wildman–Crippen LogP) is 9.36. The molecule has 0 fully saturated rings. The molecule has 0 spiro atoms. The molecule has 2 aliphatic carbocycles. The van der Waals surface area contributed by atoms with Crippen LogP contribution in [0.25, 0.3) is 11.1 Å². The molecule has 0 saturated carbocycles. The van der Waals surface area contributed by atoms with Crippen molar-refractivity contribution in [3.63, 3.8) is 0 Å². The van der Waals surface area contributed by atoms with E-state index in [1.165, 1.54) is 48.5 Å². The lowest BCUT2D eigenvalue weighted by atomic mass is 9.75. The van der Waals surface area contributed by atoms with Crippen LogP contribution in [0.4, 0.5) is 21.0 Å². The van der Waals surface area contributed by atoms with Gasteiger partial charge in [0.05, 0.1) is 22.5 Å². The van der Waals surface area contributed by atoms with Gasteiger partial charge < -0.3 is 9.47 Å². The number of hydrogen-bond donors (Lipinski definition) is 2. The van der Waals surface area contributed by atoms with Crippen LogP contribution in [0.1, 0.15) is 80.4 Å². The minimum absolute atomic E-state index is 0.00272. The second kappa shape index (κ2) is 14.6. The van der Waals surface area contributed by atoms with Gasteiger partial charge in [0, 0.05) is 44.0 Å². The molecule has 11 heteroatoms. The number of rotatable bonds is 7. The van der Waals surface area contributed by atoms with Gasteiger partial charge in [-0.05, 0) is 47.4 Å². The first-order chi connectivity index (χ1) is 27.1. The van der Waals surface area contributed by atoms with Crippen LogP contribution in [-0.4, -0.2) is 35.3 Å². The Morgan fingerprint density at radius 2 is 0.839 bits per heavy atom. The van der Waals surface area contributed by atoms with E-state index >= 15 is 0 Å². The minimum atomic E-state index is -0.904. The van der Waals surface area contributed by atoms with E-state index in [-0.39, 0.29) is 80.2 Å². The number of nitrogens with one attached hydrogen (secondary N) is 2. The summed E-state index contributed by atoms with van der Waals surface area (Å²) in [6.45, 7) is 1.69. The SMILES string of the molecule is Cc1ccccc1COC(=O)Nc1ccc(-c2ccc(NC(=O)OCc3ccccc3Cl)c3c2C(=O)c2ccccc2C3=O)c2c1C(=O)c1ccccc1C2=O. The Labute approximate surface area is 325 Å². The zero-order chi connectivity index (χ0) is 39.1. The van der Waals surface area contributed by atoms with E-state index in [0.717, 1.165) is 11.1 Å². The highest BCUT2D eigenvalue weighted by molar-refractivity contribution is 6.35. The van der Waals surface area contributed by atoms with Gasteiger partial charge in [-0.1, -0.05) is 115 Å². The summed E-state index contributed by atoms with van der Waals surface area (Å²) in [6, 6.07) is 32.8. The van der Waals surface area contributed by atoms with Crippen LogP contribution in [0.3, 0.4) is 0 Å². The zero-order valence-electron chi connectivity index (χ0n) is 29.6. The van der Waals surface area contributed by atoms with Crippen molar-refractivity contribution in [2.45, 2.75) is 20.1 Å². The Balaban J connectivity index is 1.23. The standard InChI is InChI=1S/C45H29ClN2O8/c1-24-10-2-3-11-25(24)22-55-44(53)47-34-20-18-27(36-38(34)42(51)31-15-7-5-13-29(31)40(36)49)28-19-21-35(48-45(54)56-23-26-12-4-9-17-33(26)46)39-37(28)41(50)30-14-6-8-16-32(30)43(39)52/h2-21H,22-23H2,1H3,(H,47,53)(H,48,54). The molecule has 10 nitrogen and oxygen atoms in total. The fraction of sp³-hybridized carbons (Fsp3) is 0.0667. The number of anilines is 2. The summed E-state index contributed by atoms with van der Waals surface area (Å²) in [5.74, 6) is -2.15. The monoisotopic (exact) mass is 760 g/mol. The van der Waals surface area contributed by atoms with Crippen LogP contribution in [0, 0.1) is 6.92 Å². The fourth-order valence-corrected chi connectivity index (χ4v) is 7.26. The second-order valence-electron chi connectivity index (χ2n) is 13.1.